The molecule has 0 saturated heterocycles. The number of carbonyl (C=O) groups excluding carboxylic acids is 2. The minimum Gasteiger partial charge on any atom is -0.352 e. The molecule has 2 rings (SSSR count). The Hall–Kier alpha value is -2.94. The summed E-state index contributed by atoms with van der Waals surface area (Å²) in [6.07, 6.45) is 1.74. The monoisotopic (exact) mass is 491 g/mol. The van der Waals surface area contributed by atoms with Gasteiger partial charge in [-0.05, 0) is 51.3 Å². The van der Waals surface area contributed by atoms with Gasteiger partial charge in [0.1, 0.15) is 18.4 Å². The third-order valence-corrected chi connectivity index (χ3v) is 6.95. The van der Waals surface area contributed by atoms with Gasteiger partial charge in [-0.25, -0.2) is 12.8 Å². The largest absolute Gasteiger partial charge is 0.352 e. The average Bonchev–Trinajstić information content (AvgIpc) is 2.76. The van der Waals surface area contributed by atoms with Crippen molar-refractivity contribution >= 4 is 27.5 Å². The number of carbonyl (C=O) groups is 2. The number of anilines is 1. The Morgan fingerprint density at radius 3 is 2.15 bits per heavy atom. The highest BCUT2D eigenvalue weighted by atomic mass is 32.2. The Labute approximate surface area is 202 Å². The quantitative estimate of drug-likeness (QED) is 0.551. The molecule has 34 heavy (non-hydrogen) atoms. The minimum atomic E-state index is -3.83. The van der Waals surface area contributed by atoms with Crippen molar-refractivity contribution in [2.75, 3.05) is 17.1 Å². The van der Waals surface area contributed by atoms with Gasteiger partial charge in [-0.1, -0.05) is 43.3 Å². The van der Waals surface area contributed by atoms with Crippen LogP contribution in [0.5, 0.6) is 0 Å². The van der Waals surface area contributed by atoms with Crippen LogP contribution < -0.4 is 9.62 Å². The first-order chi connectivity index (χ1) is 15.9. The van der Waals surface area contributed by atoms with E-state index in [0.717, 1.165) is 10.6 Å². The molecular weight excluding hydrogens is 457 g/mol. The van der Waals surface area contributed by atoms with E-state index in [2.05, 4.69) is 5.32 Å². The topological polar surface area (TPSA) is 86.8 Å². The molecule has 0 aliphatic heterocycles. The van der Waals surface area contributed by atoms with Crippen LogP contribution in [0.3, 0.4) is 0 Å². The van der Waals surface area contributed by atoms with E-state index >= 15 is 0 Å². The summed E-state index contributed by atoms with van der Waals surface area (Å²) in [4.78, 5) is 27.6. The third kappa shape index (κ3) is 6.79. The summed E-state index contributed by atoms with van der Waals surface area (Å²) in [6, 6.07) is 10.3. The van der Waals surface area contributed by atoms with Crippen molar-refractivity contribution in [3.8, 4) is 0 Å². The van der Waals surface area contributed by atoms with E-state index in [1.807, 2.05) is 19.9 Å². The number of para-hydroxylation sites is 1. The molecule has 2 aromatic rings. The minimum absolute atomic E-state index is 0.109. The Kier molecular flexibility index (Phi) is 9.21. The standard InChI is InChI=1S/C25H34FN3O4S/c1-7-19(4)27-25(31)20(5)28(15-21-13-8-9-14-22(21)26)23(30)16-29(34(6,32)33)24-17(2)11-10-12-18(24)3/h8-14,19-20H,7,15-16H2,1-6H3,(H,27,31)/t19-,20-/m0/s1. The second-order valence-electron chi connectivity index (χ2n) is 8.62. The number of amides is 2. The van der Waals surface area contributed by atoms with Gasteiger partial charge >= 0.3 is 0 Å². The summed E-state index contributed by atoms with van der Waals surface area (Å²) in [6.45, 7) is 8.17. The van der Waals surface area contributed by atoms with Gasteiger partial charge < -0.3 is 10.2 Å². The van der Waals surface area contributed by atoms with Gasteiger partial charge in [0, 0.05) is 18.2 Å². The maximum atomic E-state index is 14.4. The SMILES string of the molecule is CC[C@H](C)NC(=O)[C@H](C)N(Cc1ccccc1F)C(=O)CN(c1c(C)cccc1C)S(C)(=O)=O. The Morgan fingerprint density at radius 1 is 1.03 bits per heavy atom. The highest BCUT2D eigenvalue weighted by Crippen LogP contribution is 2.27. The first-order valence-electron chi connectivity index (χ1n) is 11.2. The summed E-state index contributed by atoms with van der Waals surface area (Å²) in [7, 11) is -3.83. The van der Waals surface area contributed by atoms with E-state index in [0.29, 0.717) is 23.2 Å². The average molecular weight is 492 g/mol. The summed E-state index contributed by atoms with van der Waals surface area (Å²) >= 11 is 0. The molecular formula is C25H34FN3O4S. The maximum absolute atomic E-state index is 14.4. The normalized spacial score (nSPS) is 13.1. The van der Waals surface area contributed by atoms with Crippen LogP contribution in [0.4, 0.5) is 10.1 Å². The van der Waals surface area contributed by atoms with E-state index in [-0.39, 0.29) is 18.2 Å². The van der Waals surface area contributed by atoms with Gasteiger partial charge in [0.05, 0.1) is 11.9 Å². The number of rotatable bonds is 10. The molecule has 0 aliphatic rings. The maximum Gasteiger partial charge on any atom is 0.244 e. The lowest BCUT2D eigenvalue weighted by Gasteiger charge is -2.32. The zero-order chi connectivity index (χ0) is 25.6. The van der Waals surface area contributed by atoms with Crippen LogP contribution in [0.1, 0.15) is 43.9 Å². The summed E-state index contributed by atoms with van der Waals surface area (Å²) < 4.78 is 40.9. The van der Waals surface area contributed by atoms with Crippen molar-refractivity contribution in [1.82, 2.24) is 10.2 Å². The molecule has 2 amide bonds. The van der Waals surface area contributed by atoms with Crippen LogP contribution in [0, 0.1) is 19.7 Å². The third-order valence-electron chi connectivity index (χ3n) is 5.83. The van der Waals surface area contributed by atoms with E-state index in [4.69, 9.17) is 0 Å². The predicted molar refractivity (Wildman–Crippen MR) is 132 cm³/mol. The second kappa shape index (κ2) is 11.5. The number of benzene rings is 2. The molecule has 0 unspecified atom stereocenters. The van der Waals surface area contributed by atoms with Crippen LogP contribution >= 0.6 is 0 Å². The molecule has 2 aromatic carbocycles. The predicted octanol–water partition coefficient (Wildman–Crippen LogP) is 3.54. The van der Waals surface area contributed by atoms with Crippen molar-refractivity contribution in [2.24, 2.45) is 0 Å². The van der Waals surface area contributed by atoms with E-state index in [1.54, 1.807) is 39.0 Å². The highest BCUT2D eigenvalue weighted by Gasteiger charge is 2.31. The summed E-state index contributed by atoms with van der Waals surface area (Å²) in [5, 5.41) is 2.84. The van der Waals surface area contributed by atoms with Gasteiger partial charge in [0.2, 0.25) is 21.8 Å². The zero-order valence-electron chi connectivity index (χ0n) is 20.6. The molecule has 7 nitrogen and oxygen atoms in total. The fourth-order valence-corrected chi connectivity index (χ4v) is 4.60. The van der Waals surface area contributed by atoms with Gasteiger partial charge in [0.15, 0.2) is 0 Å². The first kappa shape index (κ1) is 27.3. The van der Waals surface area contributed by atoms with Crippen LogP contribution in [0.25, 0.3) is 0 Å². The molecule has 0 radical (unpaired) electrons. The van der Waals surface area contributed by atoms with Crippen LogP contribution in [0.15, 0.2) is 42.5 Å². The summed E-state index contributed by atoms with van der Waals surface area (Å²) in [5.74, 6) is -1.51. The molecule has 9 heteroatoms. The van der Waals surface area contributed by atoms with Crippen molar-refractivity contribution in [1.29, 1.82) is 0 Å². The smallest absolute Gasteiger partial charge is 0.244 e. The molecule has 0 spiro atoms. The first-order valence-corrected chi connectivity index (χ1v) is 13.1. The number of nitrogens with zero attached hydrogens (tertiary/aromatic N) is 2. The van der Waals surface area contributed by atoms with Gasteiger partial charge in [-0.3, -0.25) is 13.9 Å². The number of nitrogens with one attached hydrogen (secondary N) is 1. The molecule has 2 atom stereocenters. The molecule has 0 bridgehead atoms. The van der Waals surface area contributed by atoms with Crippen LogP contribution in [-0.4, -0.2) is 50.0 Å². The van der Waals surface area contributed by atoms with E-state index in [9.17, 15) is 22.4 Å². The van der Waals surface area contributed by atoms with Crippen molar-refractivity contribution in [2.45, 2.75) is 59.7 Å². The zero-order valence-corrected chi connectivity index (χ0v) is 21.4. The second-order valence-corrected chi connectivity index (χ2v) is 10.5. The Morgan fingerprint density at radius 2 is 1.62 bits per heavy atom. The Bertz CT molecular complexity index is 1120. The molecule has 0 heterocycles. The van der Waals surface area contributed by atoms with Gasteiger partial charge in [-0.15, -0.1) is 0 Å². The molecule has 1 N–H and O–H groups in total. The molecule has 0 fully saturated rings. The van der Waals surface area contributed by atoms with Crippen LogP contribution in [-0.2, 0) is 26.2 Å². The number of hydrogen-bond acceptors (Lipinski definition) is 4. The van der Waals surface area contributed by atoms with E-state index < -0.39 is 40.2 Å². The molecule has 0 aliphatic carbocycles. The fraction of sp³-hybridized carbons (Fsp3) is 0.440. The molecule has 0 aromatic heterocycles. The highest BCUT2D eigenvalue weighted by molar-refractivity contribution is 7.92. The number of aryl methyl sites for hydroxylation is 2. The fourth-order valence-electron chi connectivity index (χ4n) is 3.63. The Balaban J connectivity index is 2.46. The van der Waals surface area contributed by atoms with Gasteiger partial charge in [0.25, 0.3) is 0 Å². The number of sulfonamides is 1. The van der Waals surface area contributed by atoms with Crippen molar-refractivity contribution < 1.29 is 22.4 Å². The van der Waals surface area contributed by atoms with Crippen molar-refractivity contribution in [3.05, 3.63) is 65.0 Å². The van der Waals surface area contributed by atoms with Gasteiger partial charge in [-0.2, -0.15) is 0 Å². The van der Waals surface area contributed by atoms with Crippen LogP contribution in [0.2, 0.25) is 0 Å². The number of hydrogen-bond donors (Lipinski definition) is 1. The molecule has 186 valence electrons. The molecule has 0 saturated carbocycles. The number of halogens is 1. The lowest BCUT2D eigenvalue weighted by molar-refractivity contribution is -0.139. The lowest BCUT2D eigenvalue weighted by Crippen LogP contribution is -2.52. The lowest BCUT2D eigenvalue weighted by atomic mass is 10.1. The van der Waals surface area contributed by atoms with Crippen molar-refractivity contribution in [3.63, 3.8) is 0 Å². The van der Waals surface area contributed by atoms with E-state index in [1.165, 1.54) is 23.1 Å². The summed E-state index contributed by atoms with van der Waals surface area (Å²) in [5.41, 5.74) is 2.04.